The normalized spacial score (nSPS) is 12.5. The quantitative estimate of drug-likeness (QED) is 0.751. The first-order chi connectivity index (χ1) is 12.2. The maximum atomic E-state index is 12.0. The van der Waals surface area contributed by atoms with Crippen molar-refractivity contribution >= 4 is 17.5 Å². The monoisotopic (exact) mass is 374 g/mol. The van der Waals surface area contributed by atoms with Crippen LogP contribution in [-0.4, -0.2) is 18.1 Å². The molecule has 140 valence electrons. The molecular formula is C21H27ClN2O2. The van der Waals surface area contributed by atoms with Gasteiger partial charge in [0.25, 0.3) is 5.91 Å². The molecule has 0 bridgehead atoms. The van der Waals surface area contributed by atoms with Gasteiger partial charge in [0, 0.05) is 28.7 Å². The Hall–Kier alpha value is -2.04. The fourth-order valence-electron chi connectivity index (χ4n) is 2.55. The maximum absolute atomic E-state index is 12.0. The summed E-state index contributed by atoms with van der Waals surface area (Å²) in [7, 11) is 0. The van der Waals surface area contributed by atoms with Gasteiger partial charge in [-0.25, -0.2) is 0 Å². The Morgan fingerprint density at radius 3 is 2.50 bits per heavy atom. The third kappa shape index (κ3) is 6.70. The lowest BCUT2D eigenvalue weighted by molar-refractivity contribution is -0.124. The van der Waals surface area contributed by atoms with E-state index in [-0.39, 0.29) is 24.1 Å². The highest BCUT2D eigenvalue weighted by Crippen LogP contribution is 2.24. The summed E-state index contributed by atoms with van der Waals surface area (Å²) < 4.78 is 5.73. The second-order valence-corrected chi connectivity index (χ2v) is 7.79. The van der Waals surface area contributed by atoms with Gasteiger partial charge in [-0.1, -0.05) is 41.9 Å². The van der Waals surface area contributed by atoms with Crippen molar-refractivity contribution in [2.45, 2.75) is 45.8 Å². The smallest absolute Gasteiger partial charge is 0.258 e. The molecule has 4 nitrogen and oxygen atoms in total. The van der Waals surface area contributed by atoms with Gasteiger partial charge < -0.3 is 15.4 Å². The number of ether oxygens (including phenoxy) is 1. The van der Waals surface area contributed by atoms with E-state index in [0.717, 1.165) is 5.56 Å². The van der Waals surface area contributed by atoms with Gasteiger partial charge in [0.15, 0.2) is 6.61 Å². The topological polar surface area (TPSA) is 50.4 Å². The average Bonchev–Trinajstić information content (AvgIpc) is 2.58. The molecule has 0 aliphatic heterocycles. The van der Waals surface area contributed by atoms with Crippen LogP contribution in [0.2, 0.25) is 5.02 Å². The van der Waals surface area contributed by atoms with Gasteiger partial charge in [0.1, 0.15) is 5.75 Å². The van der Waals surface area contributed by atoms with Crippen LogP contribution >= 0.6 is 11.6 Å². The molecule has 5 heteroatoms. The van der Waals surface area contributed by atoms with Crippen molar-refractivity contribution in [3.05, 3.63) is 64.7 Å². The molecule has 0 aliphatic carbocycles. The van der Waals surface area contributed by atoms with Crippen LogP contribution in [0.15, 0.2) is 48.5 Å². The van der Waals surface area contributed by atoms with Crippen LogP contribution in [0.25, 0.3) is 0 Å². The molecule has 1 unspecified atom stereocenters. The Morgan fingerprint density at radius 1 is 1.15 bits per heavy atom. The second-order valence-electron chi connectivity index (χ2n) is 7.35. The van der Waals surface area contributed by atoms with Crippen molar-refractivity contribution < 1.29 is 9.53 Å². The molecule has 1 amide bonds. The predicted octanol–water partition coefficient (Wildman–Crippen LogP) is 4.48. The highest BCUT2D eigenvalue weighted by atomic mass is 35.5. The summed E-state index contributed by atoms with van der Waals surface area (Å²) in [6.45, 7) is 8.48. The zero-order chi connectivity index (χ0) is 19.2. The predicted molar refractivity (Wildman–Crippen MR) is 107 cm³/mol. The molecule has 2 N–H and O–H groups in total. The van der Waals surface area contributed by atoms with Crippen LogP contribution < -0.4 is 15.4 Å². The maximum Gasteiger partial charge on any atom is 0.258 e. The standard InChI is InChI=1S/C21H27ClN2O2/c1-15(16-8-6-5-7-9-16)23-13-17-12-18(22)10-11-19(17)26-14-20(25)24-21(2,3)4/h5-12,15,23H,13-14H2,1-4H3,(H,24,25). The highest BCUT2D eigenvalue weighted by molar-refractivity contribution is 6.30. The van der Waals surface area contributed by atoms with Gasteiger partial charge in [-0.3, -0.25) is 4.79 Å². The summed E-state index contributed by atoms with van der Waals surface area (Å²) in [5.41, 5.74) is 1.85. The molecule has 0 spiro atoms. The molecule has 2 aromatic carbocycles. The average molecular weight is 375 g/mol. The number of benzene rings is 2. The van der Waals surface area contributed by atoms with Gasteiger partial charge in [0.05, 0.1) is 0 Å². The highest BCUT2D eigenvalue weighted by Gasteiger charge is 2.15. The van der Waals surface area contributed by atoms with Crippen molar-refractivity contribution in [3.63, 3.8) is 0 Å². The Labute approximate surface area is 160 Å². The molecular weight excluding hydrogens is 348 g/mol. The Balaban J connectivity index is 1.99. The number of halogens is 1. The fourth-order valence-corrected chi connectivity index (χ4v) is 2.74. The first kappa shape index (κ1) is 20.3. The van der Waals surface area contributed by atoms with Crippen LogP contribution in [0.1, 0.15) is 44.9 Å². The molecule has 2 aromatic rings. The van der Waals surface area contributed by atoms with Crippen molar-refractivity contribution in [2.75, 3.05) is 6.61 Å². The Morgan fingerprint density at radius 2 is 1.85 bits per heavy atom. The minimum Gasteiger partial charge on any atom is -0.483 e. The number of carbonyl (C=O) groups is 1. The van der Waals surface area contributed by atoms with E-state index < -0.39 is 0 Å². The fraction of sp³-hybridized carbons (Fsp3) is 0.381. The zero-order valence-corrected chi connectivity index (χ0v) is 16.6. The lowest BCUT2D eigenvalue weighted by Crippen LogP contribution is -2.43. The van der Waals surface area contributed by atoms with Gasteiger partial charge >= 0.3 is 0 Å². The van der Waals surface area contributed by atoms with E-state index in [9.17, 15) is 4.79 Å². The summed E-state index contributed by atoms with van der Waals surface area (Å²) >= 11 is 6.14. The van der Waals surface area contributed by atoms with Crippen LogP contribution in [-0.2, 0) is 11.3 Å². The van der Waals surface area contributed by atoms with Gasteiger partial charge in [-0.2, -0.15) is 0 Å². The SMILES string of the molecule is CC(NCc1cc(Cl)ccc1OCC(=O)NC(C)(C)C)c1ccccc1. The summed E-state index contributed by atoms with van der Waals surface area (Å²) in [5.74, 6) is 0.509. The summed E-state index contributed by atoms with van der Waals surface area (Å²) in [6.07, 6.45) is 0. The number of hydrogen-bond acceptors (Lipinski definition) is 3. The van der Waals surface area contributed by atoms with E-state index in [1.807, 2.05) is 45.0 Å². The first-order valence-corrected chi connectivity index (χ1v) is 9.13. The third-order valence-electron chi connectivity index (χ3n) is 3.79. The minimum atomic E-state index is -0.282. The van der Waals surface area contributed by atoms with Crippen molar-refractivity contribution in [1.29, 1.82) is 0 Å². The van der Waals surface area contributed by atoms with Gasteiger partial charge in [0.2, 0.25) is 0 Å². The summed E-state index contributed by atoms with van der Waals surface area (Å²) in [5, 5.41) is 7.00. The van der Waals surface area contributed by atoms with Crippen LogP contribution in [0.5, 0.6) is 5.75 Å². The van der Waals surface area contributed by atoms with Gasteiger partial charge in [-0.05, 0) is 51.5 Å². The number of amides is 1. The van der Waals surface area contributed by atoms with Crippen LogP contribution in [0, 0.1) is 0 Å². The van der Waals surface area contributed by atoms with Crippen molar-refractivity contribution in [2.24, 2.45) is 0 Å². The molecule has 0 aliphatic rings. The van der Waals surface area contributed by atoms with E-state index in [0.29, 0.717) is 17.3 Å². The lowest BCUT2D eigenvalue weighted by atomic mass is 10.1. The zero-order valence-electron chi connectivity index (χ0n) is 15.8. The molecule has 0 saturated heterocycles. The first-order valence-electron chi connectivity index (χ1n) is 8.75. The van der Waals surface area contributed by atoms with Crippen LogP contribution in [0.4, 0.5) is 0 Å². The van der Waals surface area contributed by atoms with E-state index in [4.69, 9.17) is 16.3 Å². The molecule has 26 heavy (non-hydrogen) atoms. The number of hydrogen-bond donors (Lipinski definition) is 2. The largest absolute Gasteiger partial charge is 0.483 e. The van der Waals surface area contributed by atoms with E-state index >= 15 is 0 Å². The number of rotatable bonds is 7. The molecule has 0 aromatic heterocycles. The molecule has 0 heterocycles. The molecule has 0 saturated carbocycles. The second kappa shape index (κ2) is 9.06. The van der Waals surface area contributed by atoms with E-state index in [2.05, 4.69) is 29.7 Å². The summed E-state index contributed by atoms with van der Waals surface area (Å²) in [6, 6.07) is 15.8. The minimum absolute atomic E-state index is 0.0276. The third-order valence-corrected chi connectivity index (χ3v) is 4.03. The van der Waals surface area contributed by atoms with Crippen molar-refractivity contribution in [1.82, 2.24) is 10.6 Å². The van der Waals surface area contributed by atoms with Crippen molar-refractivity contribution in [3.8, 4) is 5.75 Å². The number of carbonyl (C=O) groups excluding carboxylic acids is 1. The van der Waals surface area contributed by atoms with E-state index in [1.165, 1.54) is 5.56 Å². The van der Waals surface area contributed by atoms with Crippen LogP contribution in [0.3, 0.4) is 0 Å². The summed E-state index contributed by atoms with van der Waals surface area (Å²) in [4.78, 5) is 12.0. The molecule has 1 atom stereocenters. The van der Waals surface area contributed by atoms with E-state index in [1.54, 1.807) is 12.1 Å². The Bertz CT molecular complexity index is 727. The molecule has 0 radical (unpaired) electrons. The molecule has 0 fully saturated rings. The van der Waals surface area contributed by atoms with Gasteiger partial charge in [-0.15, -0.1) is 0 Å². The molecule has 2 rings (SSSR count). The Kier molecular flexibility index (Phi) is 7.06. The lowest BCUT2D eigenvalue weighted by Gasteiger charge is -2.21. The number of nitrogens with one attached hydrogen (secondary N) is 2.